The van der Waals surface area contributed by atoms with E-state index >= 15 is 0 Å². The van der Waals surface area contributed by atoms with Gasteiger partial charge in [0.15, 0.2) is 0 Å². The SMILES string of the molecule is CC(C)C(C)N1CCC2(CCC2C(C)C)CC1. The van der Waals surface area contributed by atoms with Crippen LogP contribution in [0, 0.1) is 23.2 Å². The molecule has 2 aliphatic rings. The van der Waals surface area contributed by atoms with E-state index in [4.69, 9.17) is 0 Å². The summed E-state index contributed by atoms with van der Waals surface area (Å²) < 4.78 is 0. The minimum Gasteiger partial charge on any atom is -0.300 e. The average Bonchev–Trinajstić information content (AvgIpc) is 2.26. The highest BCUT2D eigenvalue weighted by Crippen LogP contribution is 2.56. The summed E-state index contributed by atoms with van der Waals surface area (Å²) in [6, 6.07) is 0.768. The second-order valence-corrected chi connectivity index (χ2v) is 7.27. The summed E-state index contributed by atoms with van der Waals surface area (Å²) in [5, 5.41) is 0. The van der Waals surface area contributed by atoms with Crippen molar-refractivity contribution in [3.8, 4) is 0 Å². The fourth-order valence-corrected chi connectivity index (χ4v) is 4.18. The highest BCUT2D eigenvalue weighted by molar-refractivity contribution is 5.00. The second-order valence-electron chi connectivity index (χ2n) is 7.27. The summed E-state index contributed by atoms with van der Waals surface area (Å²) in [5.41, 5.74) is 0.751. The van der Waals surface area contributed by atoms with Gasteiger partial charge in [0.05, 0.1) is 0 Å². The lowest BCUT2D eigenvalue weighted by atomic mass is 9.52. The van der Waals surface area contributed by atoms with Crippen LogP contribution in [0.4, 0.5) is 0 Å². The zero-order valence-electron chi connectivity index (χ0n) is 12.5. The van der Waals surface area contributed by atoms with Crippen LogP contribution in [0.1, 0.15) is 60.3 Å². The van der Waals surface area contributed by atoms with Gasteiger partial charge in [0, 0.05) is 6.04 Å². The smallest absolute Gasteiger partial charge is 0.00899 e. The first-order valence-corrected chi connectivity index (χ1v) is 7.70. The van der Waals surface area contributed by atoms with Crippen LogP contribution in [0.5, 0.6) is 0 Å². The first kappa shape index (κ1) is 13.4. The van der Waals surface area contributed by atoms with Gasteiger partial charge in [0.2, 0.25) is 0 Å². The third kappa shape index (κ3) is 2.41. The topological polar surface area (TPSA) is 3.24 Å². The Morgan fingerprint density at radius 3 is 1.88 bits per heavy atom. The number of rotatable bonds is 3. The number of hydrogen-bond acceptors (Lipinski definition) is 1. The maximum atomic E-state index is 2.73. The molecular formula is C16H31N. The quantitative estimate of drug-likeness (QED) is 0.712. The molecule has 1 saturated carbocycles. The molecule has 17 heavy (non-hydrogen) atoms. The van der Waals surface area contributed by atoms with E-state index in [9.17, 15) is 0 Å². The lowest BCUT2D eigenvalue weighted by Crippen LogP contribution is -2.53. The molecule has 1 saturated heterocycles. The van der Waals surface area contributed by atoms with Crippen molar-refractivity contribution in [2.24, 2.45) is 23.2 Å². The number of nitrogens with zero attached hydrogens (tertiary/aromatic N) is 1. The van der Waals surface area contributed by atoms with Gasteiger partial charge in [-0.25, -0.2) is 0 Å². The molecule has 0 N–H and O–H groups in total. The number of piperidine rings is 1. The van der Waals surface area contributed by atoms with Gasteiger partial charge < -0.3 is 4.90 Å². The molecule has 1 aliphatic carbocycles. The third-order valence-electron chi connectivity index (χ3n) is 5.88. The predicted molar refractivity (Wildman–Crippen MR) is 75.1 cm³/mol. The van der Waals surface area contributed by atoms with Crippen LogP contribution >= 0.6 is 0 Å². The first-order valence-electron chi connectivity index (χ1n) is 7.70. The van der Waals surface area contributed by atoms with Crippen molar-refractivity contribution in [1.29, 1.82) is 0 Å². The Balaban J connectivity index is 1.90. The Morgan fingerprint density at radius 2 is 1.53 bits per heavy atom. The van der Waals surface area contributed by atoms with Gasteiger partial charge in [0.1, 0.15) is 0 Å². The molecule has 0 aromatic carbocycles. The van der Waals surface area contributed by atoms with Crippen LogP contribution in [0.3, 0.4) is 0 Å². The van der Waals surface area contributed by atoms with E-state index < -0.39 is 0 Å². The number of hydrogen-bond donors (Lipinski definition) is 0. The molecule has 2 rings (SSSR count). The summed E-state index contributed by atoms with van der Waals surface area (Å²) >= 11 is 0. The van der Waals surface area contributed by atoms with Crippen molar-refractivity contribution in [1.82, 2.24) is 4.90 Å². The standard InChI is InChI=1S/C16H31N/c1-12(2)14(5)17-10-8-16(9-11-17)7-6-15(16)13(3)4/h12-15H,6-11H2,1-5H3. The van der Waals surface area contributed by atoms with Crippen LogP contribution in [0.15, 0.2) is 0 Å². The maximum absolute atomic E-state index is 2.73. The molecule has 1 spiro atoms. The van der Waals surface area contributed by atoms with Gasteiger partial charge in [-0.05, 0) is 68.9 Å². The third-order valence-corrected chi connectivity index (χ3v) is 5.88. The molecule has 0 aromatic heterocycles. The summed E-state index contributed by atoms with van der Waals surface area (Å²) in [6.07, 6.45) is 5.94. The molecule has 2 fully saturated rings. The lowest BCUT2D eigenvalue weighted by Gasteiger charge is -2.56. The summed E-state index contributed by atoms with van der Waals surface area (Å²) in [7, 11) is 0. The Hall–Kier alpha value is -0.0400. The van der Waals surface area contributed by atoms with Gasteiger partial charge in [-0.15, -0.1) is 0 Å². The van der Waals surface area contributed by atoms with E-state index in [1.54, 1.807) is 0 Å². The fraction of sp³-hybridized carbons (Fsp3) is 1.00. The van der Waals surface area contributed by atoms with E-state index in [0.29, 0.717) is 0 Å². The zero-order valence-corrected chi connectivity index (χ0v) is 12.5. The Morgan fingerprint density at radius 1 is 0.941 bits per heavy atom. The molecule has 2 atom stereocenters. The molecule has 0 aromatic rings. The molecule has 2 unspecified atom stereocenters. The normalized spacial score (nSPS) is 30.9. The van der Waals surface area contributed by atoms with Crippen molar-refractivity contribution in [3.05, 3.63) is 0 Å². The van der Waals surface area contributed by atoms with Crippen molar-refractivity contribution in [2.75, 3.05) is 13.1 Å². The molecular weight excluding hydrogens is 206 g/mol. The number of likely N-dealkylation sites (tertiary alicyclic amines) is 1. The minimum atomic E-state index is 0.751. The van der Waals surface area contributed by atoms with E-state index in [1.807, 2.05) is 0 Å². The Kier molecular flexibility index (Phi) is 3.87. The summed E-state index contributed by atoms with van der Waals surface area (Å²) in [4.78, 5) is 2.73. The predicted octanol–water partition coefficient (Wildman–Crippen LogP) is 4.18. The van der Waals surface area contributed by atoms with E-state index in [1.165, 1.54) is 38.8 Å². The lowest BCUT2D eigenvalue weighted by molar-refractivity contribution is -0.0662. The first-order chi connectivity index (χ1) is 7.96. The van der Waals surface area contributed by atoms with Crippen molar-refractivity contribution in [2.45, 2.75) is 66.3 Å². The van der Waals surface area contributed by atoms with E-state index in [2.05, 4.69) is 39.5 Å². The van der Waals surface area contributed by atoms with Crippen LogP contribution < -0.4 is 0 Å². The van der Waals surface area contributed by atoms with Gasteiger partial charge in [-0.2, -0.15) is 0 Å². The van der Waals surface area contributed by atoms with Crippen LogP contribution in [-0.2, 0) is 0 Å². The molecule has 0 radical (unpaired) electrons. The van der Waals surface area contributed by atoms with Crippen LogP contribution in [-0.4, -0.2) is 24.0 Å². The van der Waals surface area contributed by atoms with Gasteiger partial charge >= 0.3 is 0 Å². The van der Waals surface area contributed by atoms with Crippen LogP contribution in [0.2, 0.25) is 0 Å². The molecule has 100 valence electrons. The van der Waals surface area contributed by atoms with Crippen molar-refractivity contribution < 1.29 is 0 Å². The van der Waals surface area contributed by atoms with E-state index in [0.717, 1.165) is 29.2 Å². The average molecular weight is 237 g/mol. The second kappa shape index (κ2) is 4.91. The minimum absolute atomic E-state index is 0.751. The molecule has 1 heterocycles. The molecule has 1 heteroatoms. The molecule has 1 aliphatic heterocycles. The Bertz CT molecular complexity index is 248. The Labute approximate surface area is 108 Å². The van der Waals surface area contributed by atoms with E-state index in [-0.39, 0.29) is 0 Å². The molecule has 0 amide bonds. The van der Waals surface area contributed by atoms with Gasteiger partial charge in [0.25, 0.3) is 0 Å². The summed E-state index contributed by atoms with van der Waals surface area (Å²) in [5.74, 6) is 2.73. The van der Waals surface area contributed by atoms with Crippen molar-refractivity contribution >= 4 is 0 Å². The highest BCUT2D eigenvalue weighted by Gasteiger charge is 2.49. The van der Waals surface area contributed by atoms with Gasteiger partial charge in [-0.3, -0.25) is 0 Å². The maximum Gasteiger partial charge on any atom is 0.00899 e. The highest BCUT2D eigenvalue weighted by atomic mass is 15.2. The van der Waals surface area contributed by atoms with Crippen molar-refractivity contribution in [3.63, 3.8) is 0 Å². The van der Waals surface area contributed by atoms with Crippen LogP contribution in [0.25, 0.3) is 0 Å². The molecule has 0 bridgehead atoms. The zero-order chi connectivity index (χ0) is 12.6. The van der Waals surface area contributed by atoms with Gasteiger partial charge in [-0.1, -0.05) is 27.7 Å². The summed E-state index contributed by atoms with van der Waals surface area (Å²) in [6.45, 7) is 14.7. The molecule has 1 nitrogen and oxygen atoms in total. The fourth-order valence-electron chi connectivity index (χ4n) is 4.18. The monoisotopic (exact) mass is 237 g/mol. The largest absolute Gasteiger partial charge is 0.300 e.